The van der Waals surface area contributed by atoms with Crippen molar-refractivity contribution < 1.29 is 9.59 Å². The van der Waals surface area contributed by atoms with Gasteiger partial charge in [0.1, 0.15) is 5.84 Å². The van der Waals surface area contributed by atoms with E-state index in [1.807, 2.05) is 24.8 Å². The second-order valence-corrected chi connectivity index (χ2v) is 7.21. The van der Waals surface area contributed by atoms with E-state index in [0.717, 1.165) is 18.7 Å². The predicted molar refractivity (Wildman–Crippen MR) is 110 cm³/mol. The van der Waals surface area contributed by atoms with Crippen molar-refractivity contribution in [2.45, 2.75) is 46.0 Å². The summed E-state index contributed by atoms with van der Waals surface area (Å²) in [5, 5.41) is 10.00. The Morgan fingerprint density at radius 1 is 1.22 bits per heavy atom. The molecule has 0 saturated carbocycles. The molecule has 0 unspecified atom stereocenters. The van der Waals surface area contributed by atoms with E-state index in [1.54, 1.807) is 17.1 Å². The highest BCUT2D eigenvalue weighted by molar-refractivity contribution is 6.42. The average Bonchev–Trinajstić information content (AvgIpc) is 3.10. The number of hydrogen-bond acceptors (Lipinski definition) is 4. The summed E-state index contributed by atoms with van der Waals surface area (Å²) in [6.45, 7) is 6.16. The van der Waals surface area contributed by atoms with Gasteiger partial charge >= 0.3 is 0 Å². The van der Waals surface area contributed by atoms with Crippen LogP contribution in [0.2, 0.25) is 10.0 Å². The molecule has 2 rings (SSSR count). The van der Waals surface area contributed by atoms with Crippen LogP contribution in [-0.2, 0) is 9.59 Å². The molecule has 1 aliphatic heterocycles. The van der Waals surface area contributed by atoms with Crippen LogP contribution in [0.1, 0.15) is 46.0 Å². The van der Waals surface area contributed by atoms with Gasteiger partial charge < -0.3 is 10.2 Å². The average molecular weight is 413 g/mol. The lowest BCUT2D eigenvalue weighted by Gasteiger charge is -2.19. The van der Waals surface area contributed by atoms with Crippen LogP contribution in [0.5, 0.6) is 0 Å². The van der Waals surface area contributed by atoms with Crippen molar-refractivity contribution in [3.8, 4) is 0 Å². The van der Waals surface area contributed by atoms with Gasteiger partial charge in [-0.2, -0.15) is 5.10 Å². The summed E-state index contributed by atoms with van der Waals surface area (Å²) in [5.74, 6) is 0.616. The lowest BCUT2D eigenvalue weighted by molar-refractivity contribution is -0.131. The predicted octanol–water partition coefficient (Wildman–Crippen LogP) is 4.06. The fourth-order valence-corrected chi connectivity index (χ4v) is 3.18. The van der Waals surface area contributed by atoms with E-state index >= 15 is 0 Å². The Labute approximate surface area is 170 Å². The molecule has 0 spiro atoms. The van der Waals surface area contributed by atoms with E-state index in [-0.39, 0.29) is 11.8 Å². The van der Waals surface area contributed by atoms with Gasteiger partial charge in [0.15, 0.2) is 0 Å². The molecule has 6 nitrogen and oxygen atoms in total. The Kier molecular flexibility index (Phi) is 8.38. The normalized spacial score (nSPS) is 13.5. The number of benzene rings is 1. The zero-order valence-electron chi connectivity index (χ0n) is 15.8. The van der Waals surface area contributed by atoms with Crippen LogP contribution >= 0.6 is 23.2 Å². The summed E-state index contributed by atoms with van der Waals surface area (Å²) in [5.41, 5.74) is 0.829. The Balaban J connectivity index is 1.79. The van der Waals surface area contributed by atoms with Crippen molar-refractivity contribution in [2.24, 2.45) is 5.10 Å². The fraction of sp³-hybridized carbons (Fsp3) is 0.526. The maximum atomic E-state index is 12.1. The number of rotatable bonds is 8. The quantitative estimate of drug-likeness (QED) is 0.699. The molecule has 0 aromatic heterocycles. The zero-order chi connectivity index (χ0) is 19.8. The first kappa shape index (κ1) is 21.5. The third-order valence-electron chi connectivity index (χ3n) is 4.31. The number of amides is 2. The van der Waals surface area contributed by atoms with Gasteiger partial charge in [-0.25, -0.2) is 0 Å². The Bertz CT molecular complexity index is 709. The smallest absolute Gasteiger partial charge is 0.225 e. The van der Waals surface area contributed by atoms with Crippen LogP contribution in [0.4, 0.5) is 5.69 Å². The van der Waals surface area contributed by atoms with E-state index < -0.39 is 0 Å². The molecule has 1 aliphatic rings. The van der Waals surface area contributed by atoms with Gasteiger partial charge in [0.2, 0.25) is 11.8 Å². The van der Waals surface area contributed by atoms with Crippen LogP contribution in [0.3, 0.4) is 0 Å². The van der Waals surface area contributed by atoms with E-state index in [4.69, 9.17) is 23.2 Å². The number of nitrogens with zero attached hydrogens (tertiary/aromatic N) is 3. The van der Waals surface area contributed by atoms with Crippen molar-refractivity contribution in [2.75, 3.05) is 24.6 Å². The number of anilines is 1. The first-order valence-electron chi connectivity index (χ1n) is 9.32. The van der Waals surface area contributed by atoms with Crippen molar-refractivity contribution in [3.05, 3.63) is 28.2 Å². The molecule has 0 aliphatic carbocycles. The molecule has 27 heavy (non-hydrogen) atoms. The van der Waals surface area contributed by atoms with E-state index in [2.05, 4.69) is 10.4 Å². The summed E-state index contributed by atoms with van der Waals surface area (Å²) < 4.78 is 0. The number of amidine groups is 1. The lowest BCUT2D eigenvalue weighted by Crippen LogP contribution is -2.32. The van der Waals surface area contributed by atoms with Crippen LogP contribution in [0.15, 0.2) is 23.3 Å². The second-order valence-electron chi connectivity index (χ2n) is 6.39. The number of hydrogen-bond donors (Lipinski definition) is 1. The topological polar surface area (TPSA) is 65.0 Å². The van der Waals surface area contributed by atoms with Gasteiger partial charge in [-0.05, 0) is 38.0 Å². The van der Waals surface area contributed by atoms with Crippen molar-refractivity contribution >= 4 is 46.5 Å². The highest BCUT2D eigenvalue weighted by Gasteiger charge is 2.19. The summed E-state index contributed by atoms with van der Waals surface area (Å²) in [4.78, 5) is 26.0. The number of hydrazone groups is 1. The molecule has 0 bridgehead atoms. The lowest BCUT2D eigenvalue weighted by atomic mass is 10.2. The van der Waals surface area contributed by atoms with Crippen LogP contribution in [-0.4, -0.2) is 42.2 Å². The third-order valence-corrected chi connectivity index (χ3v) is 5.05. The molecule has 1 heterocycles. The molecule has 1 aromatic carbocycles. The molecule has 0 saturated heterocycles. The molecule has 2 amide bonds. The standard InChI is InChI=1S/C19H26Cl2N4O2/c1-3-11-24(4-2)19(27)7-5-6-18(26)22-17-10-12-25(23-17)14-8-9-15(20)16(21)13-14/h8-9,13H,3-7,10-12H2,1-2H3,(H,22,23,26). The molecular formula is C19H26Cl2N4O2. The van der Waals surface area contributed by atoms with Gasteiger partial charge in [0.25, 0.3) is 0 Å². The largest absolute Gasteiger partial charge is 0.343 e. The molecule has 1 aromatic rings. The monoisotopic (exact) mass is 412 g/mol. The van der Waals surface area contributed by atoms with E-state index in [1.165, 1.54) is 0 Å². The second kappa shape index (κ2) is 10.5. The van der Waals surface area contributed by atoms with E-state index in [9.17, 15) is 9.59 Å². The summed E-state index contributed by atoms with van der Waals surface area (Å²) >= 11 is 12.0. The molecule has 0 atom stereocenters. The maximum Gasteiger partial charge on any atom is 0.225 e. The van der Waals surface area contributed by atoms with Gasteiger partial charge in [0, 0.05) is 38.9 Å². The molecule has 0 fully saturated rings. The Morgan fingerprint density at radius 3 is 2.67 bits per heavy atom. The first-order chi connectivity index (χ1) is 12.9. The minimum absolute atomic E-state index is 0.108. The highest BCUT2D eigenvalue weighted by atomic mass is 35.5. The molecule has 0 radical (unpaired) electrons. The first-order valence-corrected chi connectivity index (χ1v) is 10.1. The maximum absolute atomic E-state index is 12.1. The fourth-order valence-electron chi connectivity index (χ4n) is 2.89. The number of carbonyl (C=O) groups excluding carboxylic acids is 2. The Hall–Kier alpha value is -1.79. The zero-order valence-corrected chi connectivity index (χ0v) is 17.3. The van der Waals surface area contributed by atoms with Gasteiger partial charge in [-0.1, -0.05) is 30.1 Å². The Morgan fingerprint density at radius 2 is 2.00 bits per heavy atom. The van der Waals surface area contributed by atoms with Gasteiger partial charge in [-0.3, -0.25) is 14.6 Å². The van der Waals surface area contributed by atoms with Crippen molar-refractivity contribution in [3.63, 3.8) is 0 Å². The van der Waals surface area contributed by atoms with Gasteiger partial charge in [0.05, 0.1) is 15.7 Å². The van der Waals surface area contributed by atoms with Crippen LogP contribution < -0.4 is 10.3 Å². The van der Waals surface area contributed by atoms with E-state index in [0.29, 0.717) is 54.7 Å². The highest BCUT2D eigenvalue weighted by Crippen LogP contribution is 2.28. The van der Waals surface area contributed by atoms with Crippen LogP contribution in [0, 0.1) is 0 Å². The molecule has 8 heteroatoms. The molecule has 148 valence electrons. The molecule has 1 N–H and O–H groups in total. The van der Waals surface area contributed by atoms with Crippen LogP contribution in [0.25, 0.3) is 0 Å². The number of nitrogens with one attached hydrogen (secondary N) is 1. The summed E-state index contributed by atoms with van der Waals surface area (Å²) in [6.07, 6.45) is 2.82. The van der Waals surface area contributed by atoms with Crippen molar-refractivity contribution in [1.82, 2.24) is 10.2 Å². The summed E-state index contributed by atoms with van der Waals surface area (Å²) in [6, 6.07) is 5.31. The SMILES string of the molecule is CCCN(CC)C(=O)CCCC(=O)NC1=NN(c2ccc(Cl)c(Cl)c2)CC1. The minimum Gasteiger partial charge on any atom is -0.343 e. The van der Waals surface area contributed by atoms with Gasteiger partial charge in [-0.15, -0.1) is 0 Å². The van der Waals surface area contributed by atoms with Crippen molar-refractivity contribution in [1.29, 1.82) is 0 Å². The minimum atomic E-state index is -0.115. The number of halogens is 2. The number of carbonyl (C=O) groups is 2. The summed E-state index contributed by atoms with van der Waals surface area (Å²) in [7, 11) is 0. The third kappa shape index (κ3) is 6.40. The molecular weight excluding hydrogens is 387 g/mol.